The molecular formula is C33H28BrN3O4S. The molecule has 0 aliphatic carbocycles. The minimum atomic E-state index is -0.429. The molecule has 1 aliphatic rings. The van der Waals surface area contributed by atoms with Gasteiger partial charge in [-0.1, -0.05) is 44.2 Å². The Hall–Kier alpha value is -4.21. The molecule has 0 spiro atoms. The summed E-state index contributed by atoms with van der Waals surface area (Å²) >= 11 is 4.92. The van der Waals surface area contributed by atoms with Gasteiger partial charge in [0.25, 0.3) is 11.6 Å². The van der Waals surface area contributed by atoms with Crippen molar-refractivity contribution in [3.05, 3.63) is 133 Å². The minimum absolute atomic E-state index is 0.0378. The number of non-ortho nitro benzene ring substituents is 1. The molecule has 1 fully saturated rings. The predicted molar refractivity (Wildman–Crippen MR) is 173 cm³/mol. The highest BCUT2D eigenvalue weighted by molar-refractivity contribution is 9.10. The van der Waals surface area contributed by atoms with Crippen LogP contribution in [-0.4, -0.2) is 16.0 Å². The largest absolute Gasteiger partial charge is 0.488 e. The number of aryl methyl sites for hydroxylation is 2. The Morgan fingerprint density at radius 1 is 0.905 bits per heavy atom. The number of benzene rings is 4. The number of ether oxygens (including phenoxy) is 1. The Labute approximate surface area is 257 Å². The summed E-state index contributed by atoms with van der Waals surface area (Å²) in [6.07, 6.45) is 3.72. The third-order valence-corrected chi connectivity index (χ3v) is 8.36. The monoisotopic (exact) mass is 641 g/mol. The number of thioether (sulfide) groups is 1. The topological polar surface area (TPSA) is 85.0 Å². The van der Waals surface area contributed by atoms with Gasteiger partial charge in [0.1, 0.15) is 12.4 Å². The maximum absolute atomic E-state index is 13.7. The van der Waals surface area contributed by atoms with E-state index in [2.05, 4.69) is 41.9 Å². The van der Waals surface area contributed by atoms with Gasteiger partial charge in [0, 0.05) is 12.1 Å². The van der Waals surface area contributed by atoms with Gasteiger partial charge in [-0.15, -0.1) is 0 Å². The molecule has 4 aromatic carbocycles. The normalized spacial score (nSPS) is 15.0. The molecule has 1 amide bonds. The molecule has 42 heavy (non-hydrogen) atoms. The van der Waals surface area contributed by atoms with E-state index in [1.807, 2.05) is 60.7 Å². The lowest BCUT2D eigenvalue weighted by Gasteiger charge is -2.16. The van der Waals surface area contributed by atoms with Crippen LogP contribution in [0.4, 0.5) is 17.1 Å². The molecule has 0 saturated carbocycles. The molecule has 1 saturated heterocycles. The molecule has 0 radical (unpaired) electrons. The molecule has 4 aromatic rings. The van der Waals surface area contributed by atoms with Gasteiger partial charge < -0.3 is 4.74 Å². The highest BCUT2D eigenvalue weighted by Crippen LogP contribution is 2.38. The van der Waals surface area contributed by atoms with Crippen molar-refractivity contribution < 1.29 is 14.5 Å². The number of hydrogen-bond acceptors (Lipinski definition) is 6. The average Bonchev–Trinajstić information content (AvgIpc) is 3.31. The number of halogens is 1. The molecule has 7 nitrogen and oxygen atoms in total. The van der Waals surface area contributed by atoms with Crippen LogP contribution >= 0.6 is 27.7 Å². The zero-order valence-electron chi connectivity index (χ0n) is 23.1. The van der Waals surface area contributed by atoms with E-state index in [0.29, 0.717) is 15.8 Å². The van der Waals surface area contributed by atoms with E-state index in [1.165, 1.54) is 35.0 Å². The van der Waals surface area contributed by atoms with Crippen LogP contribution in [0, 0.1) is 10.1 Å². The number of anilines is 1. The van der Waals surface area contributed by atoms with E-state index >= 15 is 0 Å². The Balaban J connectivity index is 1.38. The van der Waals surface area contributed by atoms with Crippen molar-refractivity contribution in [1.82, 2.24) is 0 Å². The van der Waals surface area contributed by atoms with Gasteiger partial charge in [-0.05, 0) is 117 Å². The summed E-state index contributed by atoms with van der Waals surface area (Å²) in [5, 5.41) is 11.5. The van der Waals surface area contributed by atoms with Crippen LogP contribution in [0.3, 0.4) is 0 Å². The molecule has 0 aromatic heterocycles. The Kier molecular flexibility index (Phi) is 9.19. The zero-order chi connectivity index (χ0) is 29.6. The first-order valence-corrected chi connectivity index (χ1v) is 15.1. The van der Waals surface area contributed by atoms with Crippen LogP contribution in [0.15, 0.2) is 105 Å². The van der Waals surface area contributed by atoms with Crippen LogP contribution in [0.25, 0.3) is 6.08 Å². The standard InChI is InChI=1S/C33H28BrN3O4S/c1-3-22-5-12-26(13-6-22)35-33-36(27-14-7-23(4-2)8-15-27)32(38)31(42-33)20-25-11-18-30(29(34)19-25)41-21-24-9-16-28(17-10-24)37(39)40/h5-20H,3-4,21H2,1-2H3/b31-20-,35-33?. The predicted octanol–water partition coefficient (Wildman–Crippen LogP) is 8.87. The lowest BCUT2D eigenvalue weighted by atomic mass is 10.1. The SMILES string of the molecule is CCc1ccc(N=C2S/C(=C\c3ccc(OCc4ccc([N+](=O)[O-])cc4)c(Br)c3)C(=O)N2c2ccc(CC)cc2)cc1. The summed E-state index contributed by atoms with van der Waals surface area (Å²) in [6, 6.07) is 27.9. The third kappa shape index (κ3) is 6.80. The number of hydrogen-bond donors (Lipinski definition) is 0. The van der Waals surface area contributed by atoms with Crippen molar-refractivity contribution >= 4 is 61.9 Å². The van der Waals surface area contributed by atoms with Crippen molar-refractivity contribution in [2.75, 3.05) is 4.90 Å². The van der Waals surface area contributed by atoms with Crippen molar-refractivity contribution in [3.8, 4) is 5.75 Å². The Morgan fingerprint density at radius 3 is 2.12 bits per heavy atom. The first-order chi connectivity index (χ1) is 20.3. The van der Waals surface area contributed by atoms with Crippen molar-refractivity contribution in [1.29, 1.82) is 0 Å². The minimum Gasteiger partial charge on any atom is -0.488 e. The van der Waals surface area contributed by atoms with Gasteiger partial charge in [0.15, 0.2) is 5.17 Å². The van der Waals surface area contributed by atoms with Gasteiger partial charge >= 0.3 is 0 Å². The summed E-state index contributed by atoms with van der Waals surface area (Å²) in [6.45, 7) is 4.47. The van der Waals surface area contributed by atoms with Gasteiger partial charge in [-0.25, -0.2) is 4.99 Å². The summed E-state index contributed by atoms with van der Waals surface area (Å²) in [5.41, 5.74) is 5.67. The lowest BCUT2D eigenvalue weighted by molar-refractivity contribution is -0.384. The molecule has 0 atom stereocenters. The number of carbonyl (C=O) groups is 1. The molecule has 212 valence electrons. The van der Waals surface area contributed by atoms with Gasteiger partial charge in [0.2, 0.25) is 0 Å². The first kappa shape index (κ1) is 29.3. The molecular weight excluding hydrogens is 614 g/mol. The summed E-state index contributed by atoms with van der Waals surface area (Å²) < 4.78 is 6.65. The second kappa shape index (κ2) is 13.2. The van der Waals surface area contributed by atoms with E-state index in [0.717, 1.165) is 39.8 Å². The fourth-order valence-corrected chi connectivity index (χ4v) is 5.84. The number of amidine groups is 1. The Bertz CT molecular complexity index is 1670. The fraction of sp³-hybridized carbons (Fsp3) is 0.152. The second-order valence-corrected chi connectivity index (χ2v) is 11.5. The summed E-state index contributed by atoms with van der Waals surface area (Å²) in [5.74, 6) is 0.485. The maximum atomic E-state index is 13.7. The van der Waals surface area contributed by atoms with Crippen molar-refractivity contribution in [3.63, 3.8) is 0 Å². The van der Waals surface area contributed by atoms with Gasteiger partial charge in [0.05, 0.1) is 25.7 Å². The number of rotatable bonds is 9. The number of amides is 1. The van der Waals surface area contributed by atoms with Crippen LogP contribution in [0.5, 0.6) is 5.75 Å². The molecule has 5 rings (SSSR count). The van der Waals surface area contributed by atoms with Gasteiger partial charge in [-0.2, -0.15) is 0 Å². The number of nitro benzene ring substituents is 1. The molecule has 0 unspecified atom stereocenters. The Morgan fingerprint density at radius 2 is 1.52 bits per heavy atom. The molecule has 9 heteroatoms. The quantitative estimate of drug-likeness (QED) is 0.103. The van der Waals surface area contributed by atoms with E-state index < -0.39 is 4.92 Å². The third-order valence-electron chi connectivity index (χ3n) is 6.77. The molecule has 1 heterocycles. The first-order valence-electron chi connectivity index (χ1n) is 13.5. The molecule has 0 bridgehead atoms. The average molecular weight is 643 g/mol. The summed E-state index contributed by atoms with van der Waals surface area (Å²) in [4.78, 5) is 31.3. The molecule has 0 N–H and O–H groups in total. The number of nitro groups is 1. The van der Waals surface area contributed by atoms with Gasteiger partial charge in [-0.3, -0.25) is 19.8 Å². The number of aliphatic imine (C=N–C) groups is 1. The van der Waals surface area contributed by atoms with Crippen LogP contribution in [-0.2, 0) is 24.2 Å². The van der Waals surface area contributed by atoms with E-state index in [9.17, 15) is 14.9 Å². The smallest absolute Gasteiger partial charge is 0.271 e. The summed E-state index contributed by atoms with van der Waals surface area (Å²) in [7, 11) is 0. The van der Waals surface area contributed by atoms with E-state index in [4.69, 9.17) is 9.73 Å². The number of nitrogens with zero attached hydrogens (tertiary/aromatic N) is 3. The zero-order valence-corrected chi connectivity index (χ0v) is 25.5. The lowest BCUT2D eigenvalue weighted by Crippen LogP contribution is -2.28. The second-order valence-electron chi connectivity index (χ2n) is 9.59. The molecule has 1 aliphatic heterocycles. The fourth-order valence-electron chi connectivity index (χ4n) is 4.32. The van der Waals surface area contributed by atoms with Crippen molar-refractivity contribution in [2.24, 2.45) is 4.99 Å². The van der Waals surface area contributed by atoms with Crippen LogP contribution in [0.2, 0.25) is 0 Å². The highest BCUT2D eigenvalue weighted by atomic mass is 79.9. The van der Waals surface area contributed by atoms with Crippen LogP contribution < -0.4 is 9.64 Å². The highest BCUT2D eigenvalue weighted by Gasteiger charge is 2.34. The maximum Gasteiger partial charge on any atom is 0.271 e. The van der Waals surface area contributed by atoms with E-state index in [1.54, 1.807) is 17.0 Å². The van der Waals surface area contributed by atoms with E-state index in [-0.39, 0.29) is 18.2 Å². The number of carbonyl (C=O) groups excluding carboxylic acids is 1. The van der Waals surface area contributed by atoms with Crippen LogP contribution in [0.1, 0.15) is 36.1 Å². The van der Waals surface area contributed by atoms with Crippen molar-refractivity contribution in [2.45, 2.75) is 33.3 Å².